The zero-order chi connectivity index (χ0) is 12.3. The largest absolute Gasteiger partial charge is 0.350 e. The second-order valence-electron chi connectivity index (χ2n) is 2.86. The van der Waals surface area contributed by atoms with E-state index >= 15 is 0 Å². The van der Waals surface area contributed by atoms with Crippen molar-refractivity contribution in [3.05, 3.63) is 34.1 Å². The second-order valence-corrected chi connectivity index (χ2v) is 5.51. The van der Waals surface area contributed by atoms with Crippen molar-refractivity contribution < 1.29 is 21.6 Å². The lowest BCUT2D eigenvalue weighted by molar-refractivity contribution is 0.232. The highest BCUT2D eigenvalue weighted by Crippen LogP contribution is 2.16. The molecule has 0 bridgehead atoms. The predicted octanol–water partition coefficient (Wildman–Crippen LogP) is 2.23. The molecule has 0 saturated carbocycles. The van der Waals surface area contributed by atoms with Gasteiger partial charge in [0.25, 0.3) is 10.0 Å². The Balaban J connectivity index is 2.79. The summed E-state index contributed by atoms with van der Waals surface area (Å²) in [5.74, 6) is -4.19. The molecule has 0 aromatic heterocycles. The van der Waals surface area contributed by atoms with Crippen LogP contribution < -0.4 is 4.72 Å². The third kappa shape index (κ3) is 3.46. The Morgan fingerprint density at radius 2 is 2.00 bits per heavy atom. The highest BCUT2D eigenvalue weighted by Gasteiger charge is 2.23. The lowest BCUT2D eigenvalue weighted by Crippen LogP contribution is -2.29. The van der Waals surface area contributed by atoms with Gasteiger partial charge in [-0.25, -0.2) is 17.5 Å². The van der Waals surface area contributed by atoms with Crippen molar-refractivity contribution in [2.24, 2.45) is 0 Å². The Bertz CT molecular complexity index is 478. The third-order valence-corrected chi connectivity index (χ3v) is 3.22. The lowest BCUT2D eigenvalue weighted by Gasteiger charge is -2.06. The van der Waals surface area contributed by atoms with Crippen molar-refractivity contribution in [3.63, 3.8) is 0 Å². The van der Waals surface area contributed by atoms with Crippen LogP contribution in [0.4, 0.5) is 13.2 Å². The van der Waals surface area contributed by atoms with Crippen LogP contribution in [0.1, 0.15) is 5.56 Å². The first-order valence-electron chi connectivity index (χ1n) is 4.03. The summed E-state index contributed by atoms with van der Waals surface area (Å²) in [5.41, 5.74) is -0.0152. The Hall–Kier alpha value is -0.600. The van der Waals surface area contributed by atoms with Gasteiger partial charge >= 0.3 is 5.76 Å². The second kappa shape index (κ2) is 5.15. The molecule has 0 radical (unpaired) electrons. The average Bonchev–Trinajstić information content (AvgIpc) is 2.19. The van der Waals surface area contributed by atoms with Crippen LogP contribution in [-0.4, -0.2) is 14.2 Å². The molecule has 0 aliphatic heterocycles. The van der Waals surface area contributed by atoms with Crippen LogP contribution in [0.3, 0.4) is 0 Å². The van der Waals surface area contributed by atoms with Crippen molar-refractivity contribution in [1.82, 2.24) is 4.72 Å². The molecule has 8 heteroatoms. The van der Waals surface area contributed by atoms with E-state index in [4.69, 9.17) is 0 Å². The van der Waals surface area contributed by atoms with Gasteiger partial charge in [-0.15, -0.1) is 0 Å². The molecule has 0 unspecified atom stereocenters. The van der Waals surface area contributed by atoms with E-state index in [0.717, 1.165) is 6.07 Å². The van der Waals surface area contributed by atoms with Crippen LogP contribution in [0.25, 0.3) is 0 Å². The van der Waals surface area contributed by atoms with Crippen molar-refractivity contribution >= 4 is 26.0 Å². The minimum absolute atomic E-state index is 0.0152. The molecule has 1 rings (SSSR count). The first-order chi connectivity index (χ1) is 7.33. The van der Waals surface area contributed by atoms with Crippen molar-refractivity contribution in [1.29, 1.82) is 0 Å². The topological polar surface area (TPSA) is 46.2 Å². The van der Waals surface area contributed by atoms with Gasteiger partial charge < -0.3 is 0 Å². The van der Waals surface area contributed by atoms with Gasteiger partial charge in [0.05, 0.1) is 0 Å². The molecular formula is C8H7BrF3NO2S. The van der Waals surface area contributed by atoms with E-state index < -0.39 is 28.1 Å². The van der Waals surface area contributed by atoms with Gasteiger partial charge in [-0.3, -0.25) is 0 Å². The number of alkyl halides is 2. The molecule has 16 heavy (non-hydrogen) atoms. The number of rotatable bonds is 4. The Morgan fingerprint density at radius 3 is 2.56 bits per heavy atom. The molecule has 0 atom stereocenters. The van der Waals surface area contributed by atoms with E-state index in [2.05, 4.69) is 15.9 Å². The molecule has 1 aromatic carbocycles. The van der Waals surface area contributed by atoms with Crippen LogP contribution >= 0.6 is 15.9 Å². The van der Waals surface area contributed by atoms with Crippen molar-refractivity contribution in [2.75, 3.05) is 0 Å². The van der Waals surface area contributed by atoms with E-state index in [-0.39, 0.29) is 5.56 Å². The summed E-state index contributed by atoms with van der Waals surface area (Å²) in [4.78, 5) is 0. The van der Waals surface area contributed by atoms with Crippen LogP contribution in [0.5, 0.6) is 0 Å². The predicted molar refractivity (Wildman–Crippen MR) is 55.9 cm³/mol. The minimum Gasteiger partial charge on any atom is -0.207 e. The normalized spacial score (nSPS) is 12.1. The van der Waals surface area contributed by atoms with E-state index in [1.54, 1.807) is 4.72 Å². The number of sulfonamides is 1. The van der Waals surface area contributed by atoms with Gasteiger partial charge in [-0.1, -0.05) is 15.9 Å². The molecule has 3 nitrogen and oxygen atoms in total. The fourth-order valence-electron chi connectivity index (χ4n) is 0.920. The van der Waals surface area contributed by atoms with Gasteiger partial charge in [-0.2, -0.15) is 8.78 Å². The van der Waals surface area contributed by atoms with E-state index in [9.17, 15) is 21.6 Å². The maximum absolute atomic E-state index is 13.1. The Morgan fingerprint density at radius 1 is 1.38 bits per heavy atom. The average molecular weight is 318 g/mol. The monoisotopic (exact) mass is 317 g/mol. The molecule has 0 amide bonds. The number of halogens is 4. The molecule has 1 N–H and O–H groups in total. The fraction of sp³-hybridized carbons (Fsp3) is 0.250. The summed E-state index contributed by atoms with van der Waals surface area (Å²) in [7, 11) is -4.69. The number of hydrogen-bond donors (Lipinski definition) is 1. The summed E-state index contributed by atoms with van der Waals surface area (Å²) in [6, 6.07) is 3.83. The molecule has 90 valence electrons. The molecular weight excluding hydrogens is 311 g/mol. The summed E-state index contributed by atoms with van der Waals surface area (Å²) in [6.45, 7) is -0.516. The zero-order valence-corrected chi connectivity index (χ0v) is 10.2. The van der Waals surface area contributed by atoms with Crippen LogP contribution in [0.2, 0.25) is 0 Å². The lowest BCUT2D eigenvalue weighted by atomic mass is 10.2. The highest BCUT2D eigenvalue weighted by atomic mass is 79.9. The van der Waals surface area contributed by atoms with Gasteiger partial charge in [-0.05, 0) is 18.2 Å². The van der Waals surface area contributed by atoms with Crippen molar-refractivity contribution in [3.8, 4) is 0 Å². The molecule has 0 saturated heterocycles. The zero-order valence-electron chi connectivity index (χ0n) is 7.75. The number of nitrogens with one attached hydrogen (secondary N) is 1. The van der Waals surface area contributed by atoms with Crippen LogP contribution in [0.15, 0.2) is 22.7 Å². The molecule has 0 spiro atoms. The maximum Gasteiger partial charge on any atom is 0.350 e. The Kier molecular flexibility index (Phi) is 4.34. The van der Waals surface area contributed by atoms with E-state index in [1.165, 1.54) is 12.1 Å². The maximum atomic E-state index is 13.1. The van der Waals surface area contributed by atoms with Gasteiger partial charge in [0.2, 0.25) is 0 Å². The van der Waals surface area contributed by atoms with Crippen LogP contribution in [0, 0.1) is 5.82 Å². The van der Waals surface area contributed by atoms with E-state index in [0.29, 0.717) is 4.47 Å². The number of benzene rings is 1. The summed E-state index contributed by atoms with van der Waals surface area (Å²) >= 11 is 3.05. The van der Waals surface area contributed by atoms with Gasteiger partial charge in [0, 0.05) is 16.6 Å². The van der Waals surface area contributed by atoms with E-state index in [1.807, 2.05) is 0 Å². The number of hydrogen-bond acceptors (Lipinski definition) is 2. The quantitative estimate of drug-likeness (QED) is 0.925. The summed E-state index contributed by atoms with van der Waals surface area (Å²) in [6.07, 6.45) is 0. The molecule has 0 aliphatic carbocycles. The molecule has 0 heterocycles. The SMILES string of the molecule is O=S(=O)(NCc1cc(Br)ccc1F)C(F)F. The third-order valence-electron chi connectivity index (χ3n) is 1.71. The van der Waals surface area contributed by atoms with Crippen molar-refractivity contribution in [2.45, 2.75) is 12.3 Å². The highest BCUT2D eigenvalue weighted by molar-refractivity contribution is 9.10. The summed E-state index contributed by atoms with van der Waals surface area (Å²) in [5, 5.41) is 0. The van der Waals surface area contributed by atoms with Gasteiger partial charge in [0.15, 0.2) is 0 Å². The Labute approximate surface area is 98.8 Å². The summed E-state index contributed by atoms with van der Waals surface area (Å²) < 4.78 is 60.5. The van der Waals surface area contributed by atoms with Gasteiger partial charge in [0.1, 0.15) is 5.82 Å². The molecule has 0 aliphatic rings. The fourth-order valence-corrected chi connectivity index (χ4v) is 1.81. The smallest absolute Gasteiger partial charge is 0.207 e. The standard InChI is InChI=1S/C8H7BrF3NO2S/c9-6-1-2-7(10)5(3-6)4-13-16(14,15)8(11)12/h1-3,8,13H,4H2. The van der Waals surface area contributed by atoms with Crippen LogP contribution in [-0.2, 0) is 16.6 Å². The molecule has 1 aromatic rings. The minimum atomic E-state index is -4.69. The molecule has 0 fully saturated rings. The first-order valence-corrected chi connectivity index (χ1v) is 6.37. The first kappa shape index (κ1) is 13.5.